The molecule has 0 bridgehead atoms. The van der Waals surface area contributed by atoms with Crippen LogP contribution in [0.5, 0.6) is 0 Å². The van der Waals surface area contributed by atoms with Crippen molar-refractivity contribution in [2.45, 2.75) is 6.04 Å². The Labute approximate surface area is 51.8 Å². The lowest BCUT2D eigenvalue weighted by molar-refractivity contribution is 0.843. The zero-order chi connectivity index (χ0) is 5.70. The van der Waals surface area contributed by atoms with E-state index in [2.05, 4.69) is 5.18 Å². The van der Waals surface area contributed by atoms with Gasteiger partial charge in [0.2, 0.25) is 0 Å². The Hall–Kier alpha value is 0.180. The van der Waals surface area contributed by atoms with Crippen molar-refractivity contribution in [2.75, 3.05) is 11.8 Å². The van der Waals surface area contributed by atoms with E-state index in [0.29, 0.717) is 0 Å². The second kappa shape index (κ2) is 4.34. The van der Waals surface area contributed by atoms with E-state index in [9.17, 15) is 4.91 Å². The molecule has 0 saturated heterocycles. The number of rotatable bonds is 3. The maximum absolute atomic E-state index is 9.55. The summed E-state index contributed by atoms with van der Waals surface area (Å²) < 4.78 is 0. The van der Waals surface area contributed by atoms with Gasteiger partial charge in [0.1, 0.15) is 6.04 Å². The van der Waals surface area contributed by atoms with Crippen LogP contribution in [0.4, 0.5) is 0 Å². The van der Waals surface area contributed by atoms with Gasteiger partial charge in [-0.25, -0.2) is 0 Å². The minimum absolute atomic E-state index is 0.215. The summed E-state index contributed by atoms with van der Waals surface area (Å²) in [5.41, 5.74) is 0. The number of hydrogen-bond acceptors (Lipinski definition) is 2. The molecule has 0 aliphatic carbocycles. The maximum atomic E-state index is 9.55. The van der Waals surface area contributed by atoms with Gasteiger partial charge in [-0.15, -0.1) is 23.2 Å². The maximum Gasteiger partial charge on any atom is 0.119 e. The predicted molar refractivity (Wildman–Crippen MR) is 31.0 cm³/mol. The molecule has 2 nitrogen and oxygen atoms in total. The van der Waals surface area contributed by atoms with Gasteiger partial charge in [-0.3, -0.25) is 0 Å². The predicted octanol–water partition coefficient (Wildman–Crippen LogP) is 1.60. The summed E-state index contributed by atoms with van der Waals surface area (Å²) in [7, 11) is 0. The van der Waals surface area contributed by atoms with Gasteiger partial charge in [0.15, 0.2) is 0 Å². The van der Waals surface area contributed by atoms with E-state index < -0.39 is 6.04 Å². The molecule has 0 aliphatic rings. The third-order valence-corrected chi connectivity index (χ3v) is 1.22. The van der Waals surface area contributed by atoms with Gasteiger partial charge in [-0.1, -0.05) is 5.18 Å². The first kappa shape index (κ1) is 7.18. The van der Waals surface area contributed by atoms with Gasteiger partial charge in [-0.05, 0) is 0 Å². The van der Waals surface area contributed by atoms with Crippen LogP contribution in [0.15, 0.2) is 5.18 Å². The van der Waals surface area contributed by atoms with Gasteiger partial charge in [0.05, 0.1) is 0 Å². The Kier molecular flexibility index (Phi) is 4.45. The molecule has 0 heterocycles. The molecule has 0 aromatic carbocycles. The van der Waals surface area contributed by atoms with Crippen LogP contribution in [0.2, 0.25) is 0 Å². The lowest BCUT2D eigenvalue weighted by Gasteiger charge is -1.92. The summed E-state index contributed by atoms with van der Waals surface area (Å²) in [4.78, 5) is 9.55. The average molecular weight is 142 g/mol. The Morgan fingerprint density at radius 2 is 1.86 bits per heavy atom. The molecule has 0 amide bonds. The molecule has 0 aromatic rings. The van der Waals surface area contributed by atoms with E-state index in [1.165, 1.54) is 0 Å². The van der Waals surface area contributed by atoms with Crippen LogP contribution in [-0.2, 0) is 0 Å². The molecule has 7 heavy (non-hydrogen) atoms. The third-order valence-electron chi connectivity index (χ3n) is 0.505. The Bertz CT molecular complexity index is 54.9. The molecule has 0 radical (unpaired) electrons. The van der Waals surface area contributed by atoms with Crippen LogP contribution >= 0.6 is 23.2 Å². The lowest BCUT2D eigenvalue weighted by atomic mass is 10.4. The van der Waals surface area contributed by atoms with Crippen molar-refractivity contribution in [3.8, 4) is 0 Å². The van der Waals surface area contributed by atoms with Crippen molar-refractivity contribution in [2.24, 2.45) is 5.18 Å². The van der Waals surface area contributed by atoms with Crippen LogP contribution in [0.25, 0.3) is 0 Å². The third kappa shape index (κ3) is 2.83. The van der Waals surface area contributed by atoms with Crippen molar-refractivity contribution >= 4 is 23.2 Å². The standard InChI is InChI=1S/C3H5Cl2NO/c4-1-3(2-5)6-7/h3H,1-2H2. The molecule has 0 atom stereocenters. The highest BCUT2D eigenvalue weighted by Gasteiger charge is 2.01. The molecule has 0 rings (SSSR count). The number of hydrogen-bond donors (Lipinski definition) is 0. The number of nitroso groups, excluding NO2 is 1. The summed E-state index contributed by atoms with van der Waals surface area (Å²) in [6, 6.07) is -0.414. The first-order valence-electron chi connectivity index (χ1n) is 1.79. The van der Waals surface area contributed by atoms with Crippen molar-refractivity contribution < 1.29 is 0 Å². The second-order valence-electron chi connectivity index (χ2n) is 1.07. The molecule has 0 N–H and O–H groups in total. The molecule has 0 fully saturated rings. The zero-order valence-electron chi connectivity index (χ0n) is 3.60. The Morgan fingerprint density at radius 3 is 1.86 bits per heavy atom. The Balaban J connectivity index is 3.16. The van der Waals surface area contributed by atoms with Gasteiger partial charge in [0.25, 0.3) is 0 Å². The first-order chi connectivity index (χ1) is 3.35. The van der Waals surface area contributed by atoms with E-state index in [1.54, 1.807) is 0 Å². The lowest BCUT2D eigenvalue weighted by Crippen LogP contribution is -2.05. The quantitative estimate of drug-likeness (QED) is 0.434. The van der Waals surface area contributed by atoms with E-state index in [-0.39, 0.29) is 11.8 Å². The summed E-state index contributed by atoms with van der Waals surface area (Å²) >= 11 is 10.4. The molecular formula is C3H5Cl2NO. The fourth-order valence-electron chi connectivity index (χ4n) is 0.0976. The van der Waals surface area contributed by atoms with Gasteiger partial charge >= 0.3 is 0 Å². The summed E-state index contributed by atoms with van der Waals surface area (Å²) in [5.74, 6) is 0.431. The largest absolute Gasteiger partial charge is 0.150 e. The molecule has 0 spiro atoms. The molecule has 0 saturated carbocycles. The SMILES string of the molecule is O=NC(CCl)CCl. The summed E-state index contributed by atoms with van der Waals surface area (Å²) in [6.45, 7) is 0. The topological polar surface area (TPSA) is 29.4 Å². The zero-order valence-corrected chi connectivity index (χ0v) is 5.11. The molecule has 4 heteroatoms. The van der Waals surface area contributed by atoms with Gasteiger partial charge in [0, 0.05) is 11.8 Å². The molecule has 0 aromatic heterocycles. The minimum atomic E-state index is -0.414. The van der Waals surface area contributed by atoms with Crippen LogP contribution in [0.1, 0.15) is 0 Å². The molecular weight excluding hydrogens is 137 g/mol. The van der Waals surface area contributed by atoms with Crippen LogP contribution < -0.4 is 0 Å². The van der Waals surface area contributed by atoms with E-state index in [0.717, 1.165) is 0 Å². The van der Waals surface area contributed by atoms with E-state index in [1.807, 2.05) is 0 Å². The average Bonchev–Trinajstić information content (AvgIpc) is 1.72. The first-order valence-corrected chi connectivity index (χ1v) is 2.86. The van der Waals surface area contributed by atoms with Crippen LogP contribution in [0.3, 0.4) is 0 Å². The smallest absolute Gasteiger partial charge is 0.119 e. The van der Waals surface area contributed by atoms with Gasteiger partial charge < -0.3 is 0 Å². The van der Waals surface area contributed by atoms with Crippen molar-refractivity contribution in [3.05, 3.63) is 4.91 Å². The highest BCUT2D eigenvalue weighted by molar-refractivity contribution is 6.21. The fraction of sp³-hybridized carbons (Fsp3) is 1.00. The Morgan fingerprint density at radius 1 is 1.43 bits per heavy atom. The minimum Gasteiger partial charge on any atom is -0.150 e. The highest BCUT2D eigenvalue weighted by atomic mass is 35.5. The van der Waals surface area contributed by atoms with Crippen molar-refractivity contribution in [1.29, 1.82) is 0 Å². The highest BCUT2D eigenvalue weighted by Crippen LogP contribution is 1.95. The normalized spacial score (nSPS) is 9.57. The van der Waals surface area contributed by atoms with Gasteiger partial charge in [-0.2, -0.15) is 4.91 Å². The number of halogens is 2. The van der Waals surface area contributed by atoms with Crippen LogP contribution in [0, 0.1) is 4.91 Å². The second-order valence-corrected chi connectivity index (χ2v) is 1.69. The van der Waals surface area contributed by atoms with Crippen LogP contribution in [-0.4, -0.2) is 17.8 Å². The monoisotopic (exact) mass is 141 g/mol. The van der Waals surface area contributed by atoms with E-state index in [4.69, 9.17) is 23.2 Å². The summed E-state index contributed by atoms with van der Waals surface area (Å²) in [6.07, 6.45) is 0. The van der Waals surface area contributed by atoms with E-state index >= 15 is 0 Å². The molecule has 0 unspecified atom stereocenters. The van der Waals surface area contributed by atoms with Crippen molar-refractivity contribution in [3.63, 3.8) is 0 Å². The fourth-order valence-corrected chi connectivity index (χ4v) is 0.540. The number of nitrogens with zero attached hydrogens (tertiary/aromatic N) is 1. The number of alkyl halides is 2. The van der Waals surface area contributed by atoms with Crippen molar-refractivity contribution in [1.82, 2.24) is 0 Å². The molecule has 0 aliphatic heterocycles. The molecule has 42 valence electrons. The summed E-state index contributed by atoms with van der Waals surface area (Å²) in [5, 5.41) is 2.61.